The third kappa shape index (κ3) is 5.48. The average Bonchev–Trinajstić information content (AvgIpc) is 3.03. The first kappa shape index (κ1) is 15.0. The topological polar surface area (TPSA) is 119 Å². The van der Waals surface area contributed by atoms with E-state index in [1.165, 1.54) is 12.1 Å². The first-order valence-electron chi connectivity index (χ1n) is 13.9. The molecule has 0 radical (unpaired) electrons. The molecule has 0 spiro atoms. The number of amides is 3. The van der Waals surface area contributed by atoms with Gasteiger partial charge >= 0.3 is 0 Å². The van der Waals surface area contributed by atoms with Gasteiger partial charge in [0.25, 0.3) is 11.8 Å². The summed E-state index contributed by atoms with van der Waals surface area (Å²) in [7, 11) is -8.91. The number of sulfone groups is 1. The second kappa shape index (κ2) is 10.3. The number of benzene rings is 2. The lowest BCUT2D eigenvalue weighted by atomic mass is 10.1. The van der Waals surface area contributed by atoms with Gasteiger partial charge in [-0.05, 0) is 36.8 Å². The predicted octanol–water partition coefficient (Wildman–Crippen LogP) is 2.55. The van der Waals surface area contributed by atoms with Crippen molar-refractivity contribution < 1.29 is 46.0 Å². The van der Waals surface area contributed by atoms with E-state index in [2.05, 4.69) is 5.32 Å². The summed E-state index contributed by atoms with van der Waals surface area (Å²) in [4.78, 5) is 39.1. The summed E-state index contributed by atoms with van der Waals surface area (Å²) in [6.45, 7) is -0.477. The molecule has 9 nitrogen and oxygen atoms in total. The standard InChI is InChI=1S/C22H24N2O7S.H2S/c1-5-31-19-11-14(9-10-18(19)30-3)17(12-32(4,28)29)24-21(26)15-7-6-8-16(23-13(2)25)20(15)22(24)27;/h6-11,17H,5,12H2,1-4H3,(H,23,25);1H2/t17-;/m1./s1/i3D3,4D3,5D2,12D2;. The van der Waals surface area contributed by atoms with Crippen LogP contribution in [0.1, 0.15) is 59.9 Å². The zero-order valence-electron chi connectivity index (χ0n) is 27.3. The molecule has 0 aliphatic carbocycles. The maximum atomic E-state index is 13.7. The van der Waals surface area contributed by atoms with Crippen LogP contribution in [-0.4, -0.2) is 56.5 Å². The lowest BCUT2D eigenvalue weighted by Crippen LogP contribution is -2.37. The molecular formula is C22H26N2O7S2. The van der Waals surface area contributed by atoms with Crippen molar-refractivity contribution in [3.8, 4) is 11.5 Å². The molecule has 1 aliphatic rings. The lowest BCUT2D eigenvalue weighted by Gasteiger charge is -2.27. The number of rotatable bonds is 8. The number of methoxy groups -OCH3 is 1. The number of hydrogen-bond acceptors (Lipinski definition) is 7. The lowest BCUT2D eigenvalue weighted by molar-refractivity contribution is -0.114. The number of carbonyl (C=O) groups is 3. The minimum absolute atomic E-state index is 0. The summed E-state index contributed by atoms with van der Waals surface area (Å²) in [5.74, 6) is -4.46. The quantitative estimate of drug-likeness (QED) is 0.549. The zero-order valence-corrected chi connectivity index (χ0v) is 19.1. The van der Waals surface area contributed by atoms with E-state index >= 15 is 0 Å². The normalized spacial score (nSPS) is 19.9. The Labute approximate surface area is 213 Å². The van der Waals surface area contributed by atoms with Crippen LogP contribution in [0.2, 0.25) is 0 Å². The Bertz CT molecular complexity index is 1550. The van der Waals surface area contributed by atoms with E-state index in [-0.39, 0.29) is 29.6 Å². The SMILES string of the molecule is S.[2H]C([2H])([2H])Oc1ccc([C@H](N2C(=O)c3cccc(NC(C)=O)c3C2=O)C([2H])([2H])S(=O)(=O)C([2H])([2H])[2H])cc1OC([2H])([2H])C. The molecule has 1 heterocycles. The van der Waals surface area contributed by atoms with Gasteiger partial charge in [0.1, 0.15) is 9.84 Å². The Kier molecular flexibility index (Phi) is 4.65. The van der Waals surface area contributed by atoms with Gasteiger partial charge in [0.05, 0.1) is 49.0 Å². The largest absolute Gasteiger partial charge is 0.493 e. The molecule has 11 heteroatoms. The van der Waals surface area contributed by atoms with Gasteiger partial charge in [-0.3, -0.25) is 19.3 Å². The van der Waals surface area contributed by atoms with Gasteiger partial charge in [0, 0.05) is 20.0 Å². The molecule has 0 saturated heterocycles. The molecule has 0 unspecified atom stereocenters. The summed E-state index contributed by atoms with van der Waals surface area (Å²) >= 11 is 0. The first-order chi connectivity index (χ1) is 18.9. The summed E-state index contributed by atoms with van der Waals surface area (Å²) in [5, 5.41) is 2.34. The molecule has 33 heavy (non-hydrogen) atoms. The highest BCUT2D eigenvalue weighted by Crippen LogP contribution is 2.38. The zero-order chi connectivity index (χ0) is 32.2. The van der Waals surface area contributed by atoms with E-state index in [1.807, 2.05) is 0 Å². The number of anilines is 1. The number of hydrogen-bond donors (Lipinski definition) is 1. The Morgan fingerprint density at radius 2 is 1.97 bits per heavy atom. The molecule has 1 atom stereocenters. The van der Waals surface area contributed by atoms with Gasteiger partial charge in [-0.15, -0.1) is 0 Å². The molecule has 178 valence electrons. The molecule has 0 aromatic heterocycles. The number of nitrogens with zero attached hydrogens (tertiary/aromatic N) is 1. The second-order valence-corrected chi connectivity index (χ2v) is 7.77. The van der Waals surface area contributed by atoms with Crippen molar-refractivity contribution >= 4 is 46.7 Å². The van der Waals surface area contributed by atoms with E-state index in [4.69, 9.17) is 23.2 Å². The fraction of sp³-hybridized carbons (Fsp3) is 0.318. The first-order valence-corrected chi connectivity index (χ1v) is 10.4. The predicted molar refractivity (Wildman–Crippen MR) is 128 cm³/mol. The van der Waals surface area contributed by atoms with Crippen molar-refractivity contribution in [1.29, 1.82) is 0 Å². The van der Waals surface area contributed by atoms with Gasteiger partial charge in [0.2, 0.25) is 5.91 Å². The van der Waals surface area contributed by atoms with Gasteiger partial charge in [0.15, 0.2) is 11.5 Å². The smallest absolute Gasteiger partial charge is 0.264 e. The van der Waals surface area contributed by atoms with Crippen molar-refractivity contribution in [3.05, 3.63) is 53.1 Å². The summed E-state index contributed by atoms with van der Waals surface area (Å²) in [6.07, 6.45) is -3.97. The van der Waals surface area contributed by atoms with Crippen LogP contribution in [0, 0.1) is 0 Å². The fourth-order valence-electron chi connectivity index (χ4n) is 3.22. The molecule has 0 bridgehead atoms. The van der Waals surface area contributed by atoms with E-state index < -0.39 is 81.7 Å². The van der Waals surface area contributed by atoms with Crippen LogP contribution in [0.15, 0.2) is 36.4 Å². The van der Waals surface area contributed by atoms with Crippen molar-refractivity contribution in [1.82, 2.24) is 4.90 Å². The van der Waals surface area contributed by atoms with Crippen molar-refractivity contribution in [2.75, 3.05) is 30.8 Å². The van der Waals surface area contributed by atoms with E-state index in [1.54, 1.807) is 0 Å². The van der Waals surface area contributed by atoms with Gasteiger partial charge < -0.3 is 14.8 Å². The van der Waals surface area contributed by atoms with Crippen LogP contribution in [0.4, 0.5) is 5.69 Å². The average molecular weight is 505 g/mol. The third-order valence-corrected chi connectivity index (χ3v) is 4.92. The molecule has 0 fully saturated rings. The number of imide groups is 1. The maximum absolute atomic E-state index is 13.7. The van der Waals surface area contributed by atoms with Crippen molar-refractivity contribution in [2.24, 2.45) is 0 Å². The Morgan fingerprint density at radius 3 is 2.61 bits per heavy atom. The molecule has 2 aromatic rings. The fourth-order valence-corrected chi connectivity index (χ4v) is 3.75. The van der Waals surface area contributed by atoms with Gasteiger partial charge in [-0.2, -0.15) is 13.5 Å². The second-order valence-electron chi connectivity index (χ2n) is 6.53. The highest BCUT2D eigenvalue weighted by molar-refractivity contribution is 7.90. The number of nitrogens with one attached hydrogen (secondary N) is 1. The molecule has 1 aliphatic heterocycles. The van der Waals surface area contributed by atoms with Crippen LogP contribution in [-0.2, 0) is 14.6 Å². The van der Waals surface area contributed by atoms with E-state index in [0.29, 0.717) is 0 Å². The molecule has 3 amide bonds. The summed E-state index contributed by atoms with van der Waals surface area (Å²) in [5.41, 5.74) is -5.46. The Morgan fingerprint density at radius 1 is 1.21 bits per heavy atom. The summed E-state index contributed by atoms with van der Waals surface area (Å²) in [6, 6.07) is 3.60. The summed E-state index contributed by atoms with van der Waals surface area (Å²) < 4.78 is 113. The number of carbonyl (C=O) groups excluding carboxylic acids is 3. The highest BCUT2D eigenvalue weighted by Gasteiger charge is 2.43. The van der Waals surface area contributed by atoms with Crippen molar-refractivity contribution in [3.63, 3.8) is 0 Å². The highest BCUT2D eigenvalue weighted by atomic mass is 32.2. The molecule has 1 N–H and O–H groups in total. The van der Waals surface area contributed by atoms with E-state index in [0.717, 1.165) is 38.1 Å². The Hall–Kier alpha value is -3.05. The van der Waals surface area contributed by atoms with Crippen molar-refractivity contribution in [2.45, 2.75) is 19.9 Å². The van der Waals surface area contributed by atoms with Gasteiger partial charge in [-0.25, -0.2) is 8.42 Å². The third-order valence-electron chi connectivity index (χ3n) is 4.39. The molecule has 2 aromatic carbocycles. The Balaban J connectivity index is 0.00000645. The monoisotopic (exact) mass is 504 g/mol. The minimum Gasteiger partial charge on any atom is -0.493 e. The van der Waals surface area contributed by atoms with Crippen LogP contribution >= 0.6 is 13.5 Å². The van der Waals surface area contributed by atoms with E-state index in [9.17, 15) is 22.8 Å². The molecular weight excluding hydrogens is 468 g/mol. The number of ether oxygens (including phenoxy) is 2. The van der Waals surface area contributed by atoms with Crippen LogP contribution in [0.5, 0.6) is 11.5 Å². The number of fused-ring (bicyclic) bond motifs is 1. The van der Waals surface area contributed by atoms with Crippen LogP contribution in [0.25, 0.3) is 0 Å². The molecule has 3 rings (SSSR count). The molecule has 0 saturated carbocycles. The van der Waals surface area contributed by atoms with Gasteiger partial charge in [-0.1, -0.05) is 12.1 Å². The van der Waals surface area contributed by atoms with Crippen LogP contribution < -0.4 is 14.8 Å². The minimum atomic E-state index is -5.83. The maximum Gasteiger partial charge on any atom is 0.264 e. The van der Waals surface area contributed by atoms with Crippen LogP contribution in [0.3, 0.4) is 0 Å².